The molecule has 0 radical (unpaired) electrons. The Bertz CT molecular complexity index is 1380. The minimum absolute atomic E-state index is 0.190. The molecule has 0 spiro atoms. The van der Waals surface area contributed by atoms with E-state index in [4.69, 9.17) is 0 Å². The number of hydrogen-bond acceptors (Lipinski definition) is 4. The second kappa shape index (κ2) is 8.88. The van der Waals surface area contributed by atoms with Gasteiger partial charge in [0.2, 0.25) is 0 Å². The molecule has 1 saturated heterocycles. The van der Waals surface area contributed by atoms with E-state index in [0.29, 0.717) is 6.07 Å². The Morgan fingerprint density at radius 2 is 1.54 bits per heavy atom. The molecule has 0 unspecified atom stereocenters. The van der Waals surface area contributed by atoms with Gasteiger partial charge < -0.3 is 10.0 Å². The van der Waals surface area contributed by atoms with E-state index in [2.05, 4.69) is 0 Å². The van der Waals surface area contributed by atoms with Crippen molar-refractivity contribution in [3.05, 3.63) is 65.0 Å². The van der Waals surface area contributed by atoms with Gasteiger partial charge in [-0.2, -0.15) is 26.3 Å². The van der Waals surface area contributed by atoms with E-state index in [9.17, 15) is 53.4 Å². The standard InChI is InChI=1S/C25H23F8NO4S/c1-21(2,36)20(35)34-12-11-22(39(37,38)17-7-5-16(26)6-8-17)18-9-4-15(13-14(18)3-10-19(22)34)23(27,24(28,29)30)25(31,32)33/h4-9,13,19,36H,3,10-12H2,1-2H3/t19-,22-/m1/s1. The van der Waals surface area contributed by atoms with Gasteiger partial charge in [0.1, 0.15) is 16.2 Å². The number of aliphatic hydroxyl groups is 1. The van der Waals surface area contributed by atoms with Crippen LogP contribution >= 0.6 is 0 Å². The zero-order valence-electron chi connectivity index (χ0n) is 20.5. The summed E-state index contributed by atoms with van der Waals surface area (Å²) in [5.74, 6) is -1.60. The highest BCUT2D eigenvalue weighted by Gasteiger charge is 2.74. The van der Waals surface area contributed by atoms with Crippen molar-refractivity contribution in [3.8, 4) is 0 Å². The number of sulfone groups is 1. The van der Waals surface area contributed by atoms with E-state index >= 15 is 0 Å². The van der Waals surface area contributed by atoms with E-state index in [0.717, 1.165) is 35.2 Å². The zero-order valence-corrected chi connectivity index (χ0v) is 21.3. The van der Waals surface area contributed by atoms with E-state index in [1.807, 2.05) is 0 Å². The first-order chi connectivity index (χ1) is 17.7. The fourth-order valence-corrected chi connectivity index (χ4v) is 8.02. The molecule has 1 aliphatic carbocycles. The fourth-order valence-electron chi connectivity index (χ4n) is 5.65. The monoisotopic (exact) mass is 585 g/mol. The van der Waals surface area contributed by atoms with Gasteiger partial charge in [0, 0.05) is 12.1 Å². The van der Waals surface area contributed by atoms with Crippen LogP contribution in [0.2, 0.25) is 0 Å². The summed E-state index contributed by atoms with van der Waals surface area (Å²) in [4.78, 5) is 13.8. The predicted molar refractivity (Wildman–Crippen MR) is 121 cm³/mol. The minimum atomic E-state index is -6.36. The molecule has 2 aromatic carbocycles. The Morgan fingerprint density at radius 1 is 0.974 bits per heavy atom. The summed E-state index contributed by atoms with van der Waals surface area (Å²) in [5.41, 5.74) is -9.84. The summed E-state index contributed by atoms with van der Waals surface area (Å²) >= 11 is 0. The lowest BCUT2D eigenvalue weighted by Gasteiger charge is -2.43. The van der Waals surface area contributed by atoms with Crippen LogP contribution in [0.15, 0.2) is 47.4 Å². The number of carbonyl (C=O) groups excluding carboxylic acids is 1. The molecule has 1 heterocycles. The molecule has 14 heteroatoms. The van der Waals surface area contributed by atoms with Crippen molar-refractivity contribution < 1.29 is 53.4 Å². The molecular weight excluding hydrogens is 562 g/mol. The predicted octanol–water partition coefficient (Wildman–Crippen LogP) is 5.10. The van der Waals surface area contributed by atoms with Crippen LogP contribution in [0.25, 0.3) is 0 Å². The average molecular weight is 586 g/mol. The first-order valence-corrected chi connectivity index (χ1v) is 13.2. The van der Waals surface area contributed by atoms with Gasteiger partial charge >= 0.3 is 18.0 Å². The molecule has 2 aliphatic rings. The van der Waals surface area contributed by atoms with Crippen LogP contribution in [0.1, 0.15) is 43.4 Å². The van der Waals surface area contributed by atoms with Crippen LogP contribution in [0.3, 0.4) is 0 Å². The fraction of sp³-hybridized carbons (Fsp3) is 0.480. The molecule has 39 heavy (non-hydrogen) atoms. The van der Waals surface area contributed by atoms with Gasteiger partial charge in [0.25, 0.3) is 5.91 Å². The average Bonchev–Trinajstić information content (AvgIpc) is 3.22. The third-order valence-corrected chi connectivity index (χ3v) is 10.0. The Hall–Kier alpha value is -2.74. The van der Waals surface area contributed by atoms with Gasteiger partial charge in [-0.1, -0.05) is 18.2 Å². The summed E-state index contributed by atoms with van der Waals surface area (Å²) in [5, 5.41) is 10.3. The number of fused-ring (bicyclic) bond motifs is 3. The number of alkyl halides is 7. The van der Waals surface area contributed by atoms with Gasteiger partial charge in [-0.15, -0.1) is 0 Å². The summed E-state index contributed by atoms with van der Waals surface area (Å²) < 4.78 is 135. The zero-order chi connectivity index (χ0) is 29.4. The number of rotatable bonds is 4. The SMILES string of the molecule is CC(C)(O)C(=O)N1CC[C@@]2(S(=O)(=O)c3ccc(F)cc3)c3ccc(C(F)(C(F)(F)F)C(F)(F)F)cc3CC[C@@H]12. The van der Waals surface area contributed by atoms with Gasteiger partial charge in [0.15, 0.2) is 9.84 Å². The van der Waals surface area contributed by atoms with Crippen LogP contribution in [0.5, 0.6) is 0 Å². The molecule has 0 saturated carbocycles. The number of likely N-dealkylation sites (tertiary alicyclic amines) is 1. The molecule has 214 valence electrons. The molecule has 2 aromatic rings. The minimum Gasteiger partial charge on any atom is -0.381 e. The number of amides is 1. The van der Waals surface area contributed by atoms with E-state index < -0.39 is 66.4 Å². The lowest BCUT2D eigenvalue weighted by atomic mass is 9.76. The first kappa shape index (κ1) is 29.2. The number of hydrogen-bond donors (Lipinski definition) is 1. The highest BCUT2D eigenvalue weighted by molar-refractivity contribution is 7.92. The number of aryl methyl sites for hydroxylation is 1. The summed E-state index contributed by atoms with van der Waals surface area (Å²) in [6.45, 7) is 2.15. The Balaban J connectivity index is 1.97. The topological polar surface area (TPSA) is 74.7 Å². The van der Waals surface area contributed by atoms with Crippen LogP contribution in [-0.2, 0) is 31.5 Å². The lowest BCUT2D eigenvalue weighted by Crippen LogP contribution is -2.55. The molecule has 1 N–H and O–H groups in total. The normalized spacial score (nSPS) is 22.4. The third-order valence-electron chi connectivity index (χ3n) is 7.45. The van der Waals surface area contributed by atoms with Crippen molar-refractivity contribution >= 4 is 15.7 Å². The number of halogens is 8. The van der Waals surface area contributed by atoms with E-state index in [1.54, 1.807) is 0 Å². The van der Waals surface area contributed by atoms with Crippen molar-refractivity contribution in [3.63, 3.8) is 0 Å². The molecule has 4 rings (SSSR count). The quantitative estimate of drug-likeness (QED) is 0.400. The van der Waals surface area contributed by atoms with Gasteiger partial charge in [0.05, 0.1) is 10.9 Å². The van der Waals surface area contributed by atoms with Crippen LogP contribution in [-0.4, -0.2) is 54.9 Å². The second-order valence-corrected chi connectivity index (χ2v) is 12.4. The molecule has 0 aromatic heterocycles. The summed E-state index contributed by atoms with van der Waals surface area (Å²) in [6.07, 6.45) is -13.6. The maximum absolute atomic E-state index is 14.8. The molecule has 0 bridgehead atoms. The molecule has 1 amide bonds. The Kier molecular flexibility index (Phi) is 6.66. The number of benzene rings is 2. The smallest absolute Gasteiger partial charge is 0.381 e. The number of carbonyl (C=O) groups is 1. The van der Waals surface area contributed by atoms with Crippen LogP contribution < -0.4 is 0 Å². The Morgan fingerprint density at radius 3 is 2.05 bits per heavy atom. The molecule has 1 fully saturated rings. The third kappa shape index (κ3) is 4.21. The summed E-state index contributed by atoms with van der Waals surface area (Å²) in [6, 6.07) is 3.82. The largest absolute Gasteiger partial charge is 0.435 e. The van der Waals surface area contributed by atoms with Crippen molar-refractivity contribution in [2.45, 2.75) is 72.4 Å². The molecule has 5 nitrogen and oxygen atoms in total. The second-order valence-electron chi connectivity index (χ2n) is 10.2. The van der Waals surface area contributed by atoms with Crippen molar-refractivity contribution in [1.82, 2.24) is 4.90 Å². The van der Waals surface area contributed by atoms with Gasteiger partial charge in [-0.25, -0.2) is 17.2 Å². The maximum Gasteiger partial charge on any atom is 0.435 e. The van der Waals surface area contributed by atoms with Crippen molar-refractivity contribution in [1.29, 1.82) is 0 Å². The van der Waals surface area contributed by atoms with Crippen LogP contribution in [0.4, 0.5) is 35.1 Å². The Labute approximate surface area is 218 Å². The van der Waals surface area contributed by atoms with E-state index in [1.165, 1.54) is 13.8 Å². The molecule has 2 atom stereocenters. The lowest BCUT2D eigenvalue weighted by molar-refractivity contribution is -0.348. The maximum atomic E-state index is 14.8. The van der Waals surface area contributed by atoms with E-state index in [-0.39, 0.29) is 43.0 Å². The molecule has 1 aliphatic heterocycles. The van der Waals surface area contributed by atoms with Gasteiger partial charge in [-0.3, -0.25) is 4.79 Å². The van der Waals surface area contributed by atoms with Gasteiger partial charge in [-0.05, 0) is 68.5 Å². The van der Waals surface area contributed by atoms with Crippen molar-refractivity contribution in [2.75, 3.05) is 6.54 Å². The van der Waals surface area contributed by atoms with Crippen LogP contribution in [0, 0.1) is 5.82 Å². The summed E-state index contributed by atoms with van der Waals surface area (Å²) in [7, 11) is -4.59. The molecular formula is C25H23F8NO4S. The highest BCUT2D eigenvalue weighted by atomic mass is 32.2. The van der Waals surface area contributed by atoms with Crippen molar-refractivity contribution in [2.24, 2.45) is 0 Å². The highest BCUT2D eigenvalue weighted by Crippen LogP contribution is 2.56. The first-order valence-electron chi connectivity index (χ1n) is 11.7. The number of nitrogens with zero attached hydrogens (tertiary/aromatic N) is 1.